The van der Waals surface area contributed by atoms with Crippen molar-refractivity contribution in [3.05, 3.63) is 11.6 Å². The molecule has 0 bridgehead atoms. The molecule has 0 saturated heterocycles. The minimum Gasteiger partial charge on any atom is -0.295 e. The van der Waals surface area contributed by atoms with Gasteiger partial charge in [0.1, 0.15) is 0 Å². The standard InChI is InChI=1S/C22H33BrO/c1-14(13-23)18-6-7-19-17-5-4-15-12-16(24)8-10-21(15,2)20(17)9-11-22(18,19)3/h12,14,17-20H,4-11,13H2,1-3H3/t14-,17?,18?,19?,20?,21?,22?/m1/s1. The highest BCUT2D eigenvalue weighted by Gasteiger charge is 2.59. The number of alkyl halides is 1. The van der Waals surface area contributed by atoms with Crippen molar-refractivity contribution in [2.24, 2.45) is 40.4 Å². The van der Waals surface area contributed by atoms with Gasteiger partial charge in [0.25, 0.3) is 0 Å². The maximum absolute atomic E-state index is 11.9. The number of ketones is 1. The molecule has 3 fully saturated rings. The second-order valence-corrected chi connectivity index (χ2v) is 10.5. The first-order chi connectivity index (χ1) is 11.4. The van der Waals surface area contributed by atoms with E-state index in [0.29, 0.717) is 16.6 Å². The van der Waals surface area contributed by atoms with E-state index in [1.165, 1.54) is 44.1 Å². The van der Waals surface area contributed by atoms with E-state index in [1.807, 2.05) is 6.08 Å². The molecule has 6 unspecified atom stereocenters. The summed E-state index contributed by atoms with van der Waals surface area (Å²) >= 11 is 3.75. The lowest BCUT2D eigenvalue weighted by atomic mass is 9.46. The lowest BCUT2D eigenvalue weighted by molar-refractivity contribution is -0.117. The summed E-state index contributed by atoms with van der Waals surface area (Å²) in [5.74, 6) is 4.76. The van der Waals surface area contributed by atoms with Gasteiger partial charge in [-0.1, -0.05) is 42.3 Å². The van der Waals surface area contributed by atoms with Crippen molar-refractivity contribution in [2.75, 3.05) is 5.33 Å². The van der Waals surface area contributed by atoms with E-state index < -0.39 is 0 Å². The molecule has 4 aliphatic rings. The maximum atomic E-state index is 11.9. The van der Waals surface area contributed by atoms with E-state index in [4.69, 9.17) is 0 Å². The van der Waals surface area contributed by atoms with Crippen LogP contribution in [0.2, 0.25) is 0 Å². The van der Waals surface area contributed by atoms with Gasteiger partial charge in [-0.15, -0.1) is 0 Å². The largest absolute Gasteiger partial charge is 0.295 e. The molecule has 7 atom stereocenters. The van der Waals surface area contributed by atoms with Crippen LogP contribution >= 0.6 is 15.9 Å². The molecule has 0 aromatic carbocycles. The predicted octanol–water partition coefficient (Wildman–Crippen LogP) is 6.17. The van der Waals surface area contributed by atoms with Crippen molar-refractivity contribution >= 4 is 21.7 Å². The normalized spacial score (nSPS) is 49.0. The third kappa shape index (κ3) is 2.34. The third-order valence-corrected chi connectivity index (χ3v) is 9.99. The average Bonchev–Trinajstić information content (AvgIpc) is 2.92. The van der Waals surface area contributed by atoms with Gasteiger partial charge in [0, 0.05) is 11.8 Å². The van der Waals surface area contributed by atoms with Gasteiger partial charge in [-0.2, -0.15) is 0 Å². The zero-order valence-electron chi connectivity index (χ0n) is 15.6. The molecule has 0 radical (unpaired) electrons. The van der Waals surface area contributed by atoms with E-state index in [-0.39, 0.29) is 0 Å². The summed E-state index contributed by atoms with van der Waals surface area (Å²) in [6.45, 7) is 7.58. The monoisotopic (exact) mass is 392 g/mol. The number of carbonyl (C=O) groups excluding carboxylic acids is 1. The van der Waals surface area contributed by atoms with Crippen molar-refractivity contribution in [1.82, 2.24) is 0 Å². The lowest BCUT2D eigenvalue weighted by Gasteiger charge is -2.58. The fourth-order valence-electron chi connectivity index (χ4n) is 7.64. The molecule has 4 aliphatic carbocycles. The van der Waals surface area contributed by atoms with Crippen LogP contribution < -0.4 is 0 Å². The number of hydrogen-bond acceptors (Lipinski definition) is 1. The maximum Gasteiger partial charge on any atom is 0.155 e. The molecule has 0 N–H and O–H groups in total. The summed E-state index contributed by atoms with van der Waals surface area (Å²) in [4.78, 5) is 11.9. The van der Waals surface area contributed by atoms with E-state index >= 15 is 0 Å². The van der Waals surface area contributed by atoms with Crippen molar-refractivity contribution < 1.29 is 4.79 Å². The van der Waals surface area contributed by atoms with Gasteiger partial charge in [-0.3, -0.25) is 4.79 Å². The van der Waals surface area contributed by atoms with E-state index in [2.05, 4.69) is 36.7 Å². The fourth-order valence-corrected chi connectivity index (χ4v) is 8.09. The number of hydrogen-bond donors (Lipinski definition) is 0. The first-order valence-corrected chi connectivity index (χ1v) is 11.3. The number of carbonyl (C=O) groups is 1. The lowest BCUT2D eigenvalue weighted by Crippen LogP contribution is -2.51. The Morgan fingerprint density at radius 1 is 1.12 bits per heavy atom. The van der Waals surface area contributed by atoms with Gasteiger partial charge in [-0.25, -0.2) is 0 Å². The highest BCUT2D eigenvalue weighted by atomic mass is 79.9. The Kier molecular flexibility index (Phi) is 4.30. The van der Waals surface area contributed by atoms with Gasteiger partial charge >= 0.3 is 0 Å². The molecule has 0 spiro atoms. The van der Waals surface area contributed by atoms with Crippen LogP contribution in [-0.4, -0.2) is 11.1 Å². The molecule has 0 aliphatic heterocycles. The zero-order valence-corrected chi connectivity index (χ0v) is 17.2. The summed E-state index contributed by atoms with van der Waals surface area (Å²) in [6.07, 6.45) is 12.2. The van der Waals surface area contributed by atoms with Crippen LogP contribution in [0.1, 0.15) is 72.1 Å². The molecule has 4 rings (SSSR count). The summed E-state index contributed by atoms with van der Waals surface area (Å²) < 4.78 is 0. The Hall–Kier alpha value is -0.110. The molecule has 134 valence electrons. The topological polar surface area (TPSA) is 17.1 Å². The molecular weight excluding hydrogens is 360 g/mol. The Labute approximate surface area is 156 Å². The van der Waals surface area contributed by atoms with Crippen LogP contribution in [0.5, 0.6) is 0 Å². The number of halogens is 1. The summed E-state index contributed by atoms with van der Waals surface area (Å²) in [5, 5.41) is 1.15. The second-order valence-electron chi connectivity index (χ2n) is 9.83. The highest BCUT2D eigenvalue weighted by Crippen LogP contribution is 2.67. The van der Waals surface area contributed by atoms with E-state index in [0.717, 1.165) is 47.8 Å². The van der Waals surface area contributed by atoms with Crippen molar-refractivity contribution in [1.29, 1.82) is 0 Å². The molecule has 0 aromatic heterocycles. The Morgan fingerprint density at radius 2 is 1.92 bits per heavy atom. The molecule has 1 nitrogen and oxygen atoms in total. The number of allylic oxidation sites excluding steroid dienone is 1. The average molecular weight is 393 g/mol. The van der Waals surface area contributed by atoms with Crippen LogP contribution in [-0.2, 0) is 4.79 Å². The Balaban J connectivity index is 1.63. The Morgan fingerprint density at radius 3 is 2.67 bits per heavy atom. The molecule has 3 saturated carbocycles. The van der Waals surface area contributed by atoms with Crippen LogP contribution in [0.4, 0.5) is 0 Å². The van der Waals surface area contributed by atoms with Crippen LogP contribution in [0.15, 0.2) is 11.6 Å². The van der Waals surface area contributed by atoms with Crippen LogP contribution in [0.3, 0.4) is 0 Å². The van der Waals surface area contributed by atoms with Gasteiger partial charge < -0.3 is 0 Å². The summed E-state index contributed by atoms with van der Waals surface area (Å²) in [7, 11) is 0. The van der Waals surface area contributed by atoms with Gasteiger partial charge in [0.15, 0.2) is 5.78 Å². The van der Waals surface area contributed by atoms with Crippen LogP contribution in [0, 0.1) is 40.4 Å². The van der Waals surface area contributed by atoms with Crippen molar-refractivity contribution in [3.63, 3.8) is 0 Å². The zero-order chi connectivity index (χ0) is 17.1. The minimum absolute atomic E-state index is 0.331. The number of fused-ring (bicyclic) bond motifs is 5. The predicted molar refractivity (Wildman–Crippen MR) is 103 cm³/mol. The summed E-state index contributed by atoms with van der Waals surface area (Å²) in [5.41, 5.74) is 2.40. The first kappa shape index (κ1) is 17.3. The fraction of sp³-hybridized carbons (Fsp3) is 0.864. The third-order valence-electron chi connectivity index (χ3n) is 8.97. The van der Waals surface area contributed by atoms with Gasteiger partial charge in [-0.05, 0) is 91.4 Å². The van der Waals surface area contributed by atoms with E-state index in [9.17, 15) is 4.79 Å². The molecule has 0 aromatic rings. The van der Waals surface area contributed by atoms with Gasteiger partial charge in [0.05, 0.1) is 0 Å². The quantitative estimate of drug-likeness (QED) is 0.513. The minimum atomic E-state index is 0.331. The van der Waals surface area contributed by atoms with Crippen molar-refractivity contribution in [3.8, 4) is 0 Å². The first-order valence-electron chi connectivity index (χ1n) is 10.2. The summed E-state index contributed by atoms with van der Waals surface area (Å²) in [6, 6.07) is 0. The Bertz CT molecular complexity index is 566. The molecular formula is C22H33BrO. The molecule has 2 heteroatoms. The van der Waals surface area contributed by atoms with E-state index in [1.54, 1.807) is 0 Å². The smallest absolute Gasteiger partial charge is 0.155 e. The molecule has 0 heterocycles. The second kappa shape index (κ2) is 5.96. The number of rotatable bonds is 2. The van der Waals surface area contributed by atoms with Crippen LogP contribution in [0.25, 0.3) is 0 Å². The van der Waals surface area contributed by atoms with Crippen molar-refractivity contribution in [2.45, 2.75) is 72.1 Å². The SMILES string of the molecule is C[C@H](CBr)C1CCC2C3CCC4=CC(=O)CCC4(C)C3CCC21C. The van der Waals surface area contributed by atoms with Gasteiger partial charge in [0.2, 0.25) is 0 Å². The molecule has 0 amide bonds. The molecule has 24 heavy (non-hydrogen) atoms. The highest BCUT2D eigenvalue weighted by molar-refractivity contribution is 9.09.